The molecule has 1 aliphatic heterocycles. The van der Waals surface area contributed by atoms with Crippen molar-refractivity contribution in [2.45, 2.75) is 12.6 Å². The number of rotatable bonds is 4. The maximum absolute atomic E-state index is 6.17. The monoisotopic (exact) mass is 336 g/mol. The molecule has 2 aromatic rings. The largest absolute Gasteiger partial charge is 0.381 e. The predicted molar refractivity (Wildman–Crippen MR) is 91.8 cm³/mol. The molecule has 3 nitrogen and oxygen atoms in total. The van der Waals surface area contributed by atoms with Crippen LogP contribution >= 0.6 is 23.2 Å². The van der Waals surface area contributed by atoms with E-state index in [0.29, 0.717) is 16.6 Å². The van der Waals surface area contributed by atoms with Gasteiger partial charge in [-0.2, -0.15) is 0 Å². The smallest absolute Gasteiger partial charge is 0.0949 e. The Morgan fingerprint density at radius 2 is 1.82 bits per heavy atom. The fourth-order valence-corrected chi connectivity index (χ4v) is 3.02. The Kier molecular flexibility index (Phi) is 5.21. The van der Waals surface area contributed by atoms with Crippen LogP contribution in [0.3, 0.4) is 0 Å². The van der Waals surface area contributed by atoms with Gasteiger partial charge in [-0.1, -0.05) is 41.4 Å². The Hall–Kier alpha value is -1.26. The van der Waals surface area contributed by atoms with Gasteiger partial charge in [-0.15, -0.1) is 0 Å². The Labute approximate surface area is 140 Å². The molecule has 0 aromatic heterocycles. The summed E-state index contributed by atoms with van der Waals surface area (Å²) in [5, 5.41) is 8.04. The van der Waals surface area contributed by atoms with Gasteiger partial charge in [-0.05, 0) is 29.8 Å². The molecular formula is C17H18Cl2N2O. The molecule has 1 fully saturated rings. The molecule has 22 heavy (non-hydrogen) atoms. The summed E-state index contributed by atoms with van der Waals surface area (Å²) in [6.07, 6.45) is 0.140. The zero-order valence-corrected chi connectivity index (χ0v) is 13.6. The van der Waals surface area contributed by atoms with Crippen LogP contribution in [0.4, 0.5) is 5.69 Å². The molecule has 0 bridgehead atoms. The topological polar surface area (TPSA) is 33.3 Å². The number of halogens is 2. The summed E-state index contributed by atoms with van der Waals surface area (Å²) in [7, 11) is 0. The molecule has 0 spiro atoms. The van der Waals surface area contributed by atoms with E-state index in [1.54, 1.807) is 0 Å². The van der Waals surface area contributed by atoms with Crippen LogP contribution in [0.2, 0.25) is 10.0 Å². The van der Waals surface area contributed by atoms with Crippen molar-refractivity contribution in [3.05, 3.63) is 63.6 Å². The van der Waals surface area contributed by atoms with Crippen LogP contribution in [-0.4, -0.2) is 19.7 Å². The third-order valence-corrected chi connectivity index (χ3v) is 4.45. The van der Waals surface area contributed by atoms with E-state index >= 15 is 0 Å². The lowest BCUT2D eigenvalue weighted by Gasteiger charge is -2.24. The third kappa shape index (κ3) is 3.73. The van der Waals surface area contributed by atoms with E-state index in [4.69, 9.17) is 27.9 Å². The van der Waals surface area contributed by atoms with Crippen LogP contribution in [-0.2, 0) is 11.3 Å². The van der Waals surface area contributed by atoms with Gasteiger partial charge < -0.3 is 15.4 Å². The molecule has 1 atom stereocenters. The Bertz CT molecular complexity index is 605. The van der Waals surface area contributed by atoms with Gasteiger partial charge in [0.05, 0.1) is 12.7 Å². The van der Waals surface area contributed by atoms with E-state index in [1.807, 2.05) is 18.2 Å². The van der Waals surface area contributed by atoms with Crippen molar-refractivity contribution in [1.29, 1.82) is 0 Å². The maximum Gasteiger partial charge on any atom is 0.0949 e. The second kappa shape index (κ2) is 7.34. The van der Waals surface area contributed by atoms with Crippen LogP contribution < -0.4 is 10.6 Å². The highest BCUT2D eigenvalue weighted by atomic mass is 35.5. The van der Waals surface area contributed by atoms with Gasteiger partial charge >= 0.3 is 0 Å². The Morgan fingerprint density at radius 3 is 2.45 bits per heavy atom. The van der Waals surface area contributed by atoms with E-state index in [-0.39, 0.29) is 6.10 Å². The van der Waals surface area contributed by atoms with Crippen molar-refractivity contribution in [2.24, 2.45) is 0 Å². The SMILES string of the molecule is Clc1cccc(Cl)c1CNc1ccc([C@H]2CNCCO2)cc1. The van der Waals surface area contributed by atoms with Gasteiger partial charge in [0.25, 0.3) is 0 Å². The minimum Gasteiger partial charge on any atom is -0.381 e. The zero-order valence-electron chi connectivity index (χ0n) is 12.1. The molecule has 0 unspecified atom stereocenters. The summed E-state index contributed by atoms with van der Waals surface area (Å²) >= 11 is 12.3. The lowest BCUT2D eigenvalue weighted by Crippen LogP contribution is -2.33. The maximum atomic E-state index is 6.17. The summed E-state index contributed by atoms with van der Waals surface area (Å²) in [5.41, 5.74) is 3.13. The average molecular weight is 337 g/mol. The number of benzene rings is 2. The molecule has 116 valence electrons. The fourth-order valence-electron chi connectivity index (χ4n) is 2.49. The fraction of sp³-hybridized carbons (Fsp3) is 0.294. The van der Waals surface area contributed by atoms with Crippen LogP contribution in [0.1, 0.15) is 17.2 Å². The summed E-state index contributed by atoms with van der Waals surface area (Å²) < 4.78 is 5.75. The molecule has 0 saturated carbocycles. The second-order valence-electron chi connectivity index (χ2n) is 5.24. The van der Waals surface area contributed by atoms with Crippen molar-refractivity contribution < 1.29 is 4.74 Å². The Balaban J connectivity index is 1.64. The highest BCUT2D eigenvalue weighted by Crippen LogP contribution is 2.26. The van der Waals surface area contributed by atoms with Gasteiger partial charge in [0.1, 0.15) is 0 Å². The van der Waals surface area contributed by atoms with Crippen molar-refractivity contribution in [1.82, 2.24) is 5.32 Å². The number of nitrogens with one attached hydrogen (secondary N) is 2. The molecule has 2 N–H and O–H groups in total. The summed E-state index contributed by atoms with van der Waals surface area (Å²) in [5.74, 6) is 0. The zero-order chi connectivity index (χ0) is 15.4. The van der Waals surface area contributed by atoms with Gasteiger partial charge in [-0.25, -0.2) is 0 Å². The highest BCUT2D eigenvalue weighted by molar-refractivity contribution is 6.36. The van der Waals surface area contributed by atoms with E-state index in [2.05, 4.69) is 34.9 Å². The average Bonchev–Trinajstić information content (AvgIpc) is 2.56. The lowest BCUT2D eigenvalue weighted by atomic mass is 10.1. The van der Waals surface area contributed by atoms with Gasteiger partial charge in [-0.3, -0.25) is 0 Å². The number of morpholine rings is 1. The molecule has 1 heterocycles. The van der Waals surface area contributed by atoms with Crippen LogP contribution in [0.15, 0.2) is 42.5 Å². The van der Waals surface area contributed by atoms with Crippen molar-refractivity contribution in [3.63, 3.8) is 0 Å². The first-order chi connectivity index (χ1) is 10.7. The molecule has 0 radical (unpaired) electrons. The van der Waals surface area contributed by atoms with E-state index in [0.717, 1.165) is 30.9 Å². The normalized spacial score (nSPS) is 18.2. The first kappa shape index (κ1) is 15.6. The number of ether oxygens (including phenoxy) is 1. The summed E-state index contributed by atoms with van der Waals surface area (Å²) in [6.45, 7) is 3.14. The van der Waals surface area contributed by atoms with Crippen molar-refractivity contribution >= 4 is 28.9 Å². The standard InChI is InChI=1S/C17H18Cl2N2O/c18-15-2-1-3-16(19)14(15)10-21-13-6-4-12(5-7-13)17-11-20-8-9-22-17/h1-7,17,20-21H,8-11H2/t17-/m1/s1. The van der Waals surface area contributed by atoms with Gasteiger partial charge in [0, 0.05) is 40.9 Å². The molecule has 1 aliphatic rings. The van der Waals surface area contributed by atoms with Crippen molar-refractivity contribution in [3.8, 4) is 0 Å². The molecule has 5 heteroatoms. The lowest BCUT2D eigenvalue weighted by molar-refractivity contribution is 0.0277. The number of anilines is 1. The van der Waals surface area contributed by atoms with Crippen LogP contribution in [0, 0.1) is 0 Å². The van der Waals surface area contributed by atoms with E-state index < -0.39 is 0 Å². The van der Waals surface area contributed by atoms with Gasteiger partial charge in [0.15, 0.2) is 0 Å². The Morgan fingerprint density at radius 1 is 1.09 bits per heavy atom. The second-order valence-corrected chi connectivity index (χ2v) is 6.05. The van der Waals surface area contributed by atoms with Crippen molar-refractivity contribution in [2.75, 3.05) is 25.0 Å². The first-order valence-corrected chi connectivity index (χ1v) is 8.08. The number of hydrogen-bond acceptors (Lipinski definition) is 3. The van der Waals surface area contributed by atoms with Crippen LogP contribution in [0.25, 0.3) is 0 Å². The molecule has 3 rings (SSSR count). The summed E-state index contributed by atoms with van der Waals surface area (Å²) in [6, 6.07) is 13.8. The minimum absolute atomic E-state index is 0.140. The first-order valence-electron chi connectivity index (χ1n) is 7.33. The molecular weight excluding hydrogens is 319 g/mol. The quantitative estimate of drug-likeness (QED) is 0.874. The van der Waals surface area contributed by atoms with Crippen LogP contribution in [0.5, 0.6) is 0 Å². The van der Waals surface area contributed by atoms with E-state index in [9.17, 15) is 0 Å². The summed E-state index contributed by atoms with van der Waals surface area (Å²) in [4.78, 5) is 0. The van der Waals surface area contributed by atoms with E-state index in [1.165, 1.54) is 5.56 Å². The third-order valence-electron chi connectivity index (χ3n) is 3.74. The number of hydrogen-bond donors (Lipinski definition) is 2. The molecule has 1 saturated heterocycles. The molecule has 2 aromatic carbocycles. The highest BCUT2D eigenvalue weighted by Gasteiger charge is 2.15. The molecule has 0 amide bonds. The van der Waals surface area contributed by atoms with Gasteiger partial charge in [0.2, 0.25) is 0 Å². The minimum atomic E-state index is 0.140. The predicted octanol–water partition coefficient (Wildman–Crippen LogP) is 4.27. The molecule has 0 aliphatic carbocycles.